The molecule has 35 heavy (non-hydrogen) atoms. The highest BCUT2D eigenvalue weighted by molar-refractivity contribution is 5.67. The van der Waals surface area contributed by atoms with Crippen LogP contribution in [-0.4, -0.2) is 41.4 Å². The van der Waals surface area contributed by atoms with Gasteiger partial charge in [-0.25, -0.2) is 18.6 Å². The zero-order valence-corrected chi connectivity index (χ0v) is 19.0. The third-order valence-corrected chi connectivity index (χ3v) is 4.91. The van der Waals surface area contributed by atoms with Gasteiger partial charge in [0.1, 0.15) is 11.9 Å². The summed E-state index contributed by atoms with van der Waals surface area (Å²) in [5.74, 6) is -1.23. The zero-order valence-electron chi connectivity index (χ0n) is 19.0. The average Bonchev–Trinajstić information content (AvgIpc) is 2.83. The number of pyridine rings is 2. The van der Waals surface area contributed by atoms with E-state index in [0.717, 1.165) is 6.07 Å². The molecular weight excluding hydrogens is 462 g/mol. The van der Waals surface area contributed by atoms with Gasteiger partial charge >= 0.3 is 6.09 Å². The first kappa shape index (κ1) is 25.0. The summed E-state index contributed by atoms with van der Waals surface area (Å²) in [5, 5.41) is 26.7. The molecule has 0 aliphatic rings. The van der Waals surface area contributed by atoms with Crippen LogP contribution >= 0.6 is 0 Å². The Hall–Kier alpha value is -4.66. The van der Waals surface area contributed by atoms with E-state index in [4.69, 9.17) is 14.6 Å². The van der Waals surface area contributed by atoms with Crippen LogP contribution in [0.3, 0.4) is 0 Å². The van der Waals surface area contributed by atoms with Crippen molar-refractivity contribution in [2.75, 3.05) is 24.9 Å². The summed E-state index contributed by atoms with van der Waals surface area (Å²) in [6.07, 6.45) is -1.31. The summed E-state index contributed by atoms with van der Waals surface area (Å²) in [5.41, 5.74) is 0.662. The van der Waals surface area contributed by atoms with E-state index in [-0.39, 0.29) is 29.0 Å². The molecule has 4 N–H and O–H groups in total. The Labute approximate surface area is 199 Å². The fraction of sp³-hybridized carbons (Fsp3) is 0.217. The van der Waals surface area contributed by atoms with Crippen LogP contribution in [0, 0.1) is 23.0 Å². The normalized spacial score (nSPS) is 12.1. The number of methoxy groups -OCH3 is 2. The third kappa shape index (κ3) is 6.23. The van der Waals surface area contributed by atoms with Crippen LogP contribution < -0.4 is 25.4 Å². The molecule has 2 atom stereocenters. The molecule has 10 nitrogen and oxygen atoms in total. The molecule has 0 aliphatic heterocycles. The van der Waals surface area contributed by atoms with Crippen molar-refractivity contribution < 1.29 is 28.2 Å². The third-order valence-electron chi connectivity index (χ3n) is 4.91. The number of aromatic nitrogens is 2. The van der Waals surface area contributed by atoms with Gasteiger partial charge in [0.05, 0.1) is 37.6 Å². The predicted molar refractivity (Wildman–Crippen MR) is 123 cm³/mol. The topological polar surface area (TPSA) is 141 Å². The molecule has 182 valence electrons. The lowest BCUT2D eigenvalue weighted by Gasteiger charge is -2.26. The quantitative estimate of drug-likeness (QED) is 0.352. The molecule has 0 radical (unpaired) electrons. The second-order valence-corrected chi connectivity index (χ2v) is 7.31. The van der Waals surface area contributed by atoms with Crippen molar-refractivity contribution >= 4 is 23.4 Å². The van der Waals surface area contributed by atoms with Crippen LogP contribution in [0.25, 0.3) is 0 Å². The summed E-state index contributed by atoms with van der Waals surface area (Å²) < 4.78 is 39.0. The number of nitrogens with zero attached hydrogens (tertiary/aromatic N) is 3. The molecule has 0 unspecified atom stereocenters. The Balaban J connectivity index is 2.01. The first-order chi connectivity index (χ1) is 16.7. The van der Waals surface area contributed by atoms with E-state index in [1.54, 1.807) is 6.07 Å². The second kappa shape index (κ2) is 11.0. The van der Waals surface area contributed by atoms with Crippen LogP contribution in [0.5, 0.6) is 11.8 Å². The molecule has 0 bridgehead atoms. The van der Waals surface area contributed by atoms with Crippen molar-refractivity contribution in [3.63, 3.8) is 0 Å². The lowest BCUT2D eigenvalue weighted by molar-refractivity contribution is 0.189. The van der Waals surface area contributed by atoms with Gasteiger partial charge in [-0.05, 0) is 30.7 Å². The van der Waals surface area contributed by atoms with Gasteiger partial charge in [-0.1, -0.05) is 12.1 Å². The van der Waals surface area contributed by atoms with E-state index in [1.807, 2.05) is 6.07 Å². The summed E-state index contributed by atoms with van der Waals surface area (Å²) >= 11 is 0. The zero-order chi connectivity index (χ0) is 25.5. The van der Waals surface area contributed by atoms with Gasteiger partial charge in [-0.3, -0.25) is 0 Å². The van der Waals surface area contributed by atoms with Crippen molar-refractivity contribution in [1.82, 2.24) is 15.3 Å². The second-order valence-electron chi connectivity index (χ2n) is 7.31. The molecule has 3 aromatic rings. The van der Waals surface area contributed by atoms with Crippen LogP contribution in [0.4, 0.5) is 30.9 Å². The summed E-state index contributed by atoms with van der Waals surface area (Å²) in [7, 11) is 2.84. The SMILES string of the molecule is COc1cc(Nc2nc(N[C@H](c3cccc(F)c3)[C@H](C)NC(=O)O)c(F)cc2C#N)cc(OC)n1. The van der Waals surface area contributed by atoms with Crippen LogP contribution in [0.2, 0.25) is 0 Å². The summed E-state index contributed by atoms with van der Waals surface area (Å²) in [6, 6.07) is 9.64. The number of carbonyl (C=O) groups is 1. The number of benzene rings is 1. The van der Waals surface area contributed by atoms with E-state index in [0.29, 0.717) is 11.3 Å². The maximum absolute atomic E-state index is 14.9. The molecule has 0 saturated carbocycles. The number of hydrogen-bond acceptors (Lipinski definition) is 8. The van der Waals surface area contributed by atoms with Gasteiger partial charge < -0.3 is 30.5 Å². The van der Waals surface area contributed by atoms with Gasteiger partial charge in [-0.15, -0.1) is 0 Å². The Morgan fingerprint density at radius 2 is 1.77 bits per heavy atom. The van der Waals surface area contributed by atoms with Crippen LogP contribution in [-0.2, 0) is 0 Å². The smallest absolute Gasteiger partial charge is 0.404 e. The Morgan fingerprint density at radius 1 is 1.09 bits per heavy atom. The number of nitrogens with one attached hydrogen (secondary N) is 3. The van der Waals surface area contributed by atoms with Gasteiger partial charge in [0.25, 0.3) is 0 Å². The van der Waals surface area contributed by atoms with Crippen LogP contribution in [0.15, 0.2) is 42.5 Å². The minimum Gasteiger partial charge on any atom is -0.481 e. The number of rotatable bonds is 9. The minimum atomic E-state index is -1.31. The maximum atomic E-state index is 14.9. The number of carboxylic acid groups (broad SMARTS) is 1. The molecule has 3 rings (SSSR count). The molecule has 0 spiro atoms. The highest BCUT2D eigenvalue weighted by Crippen LogP contribution is 2.30. The largest absolute Gasteiger partial charge is 0.481 e. The summed E-state index contributed by atoms with van der Waals surface area (Å²) in [4.78, 5) is 19.5. The fourth-order valence-corrected chi connectivity index (χ4v) is 3.29. The van der Waals surface area contributed by atoms with E-state index >= 15 is 0 Å². The molecule has 2 heterocycles. The molecular formula is C23H22F2N6O4. The molecule has 0 aliphatic carbocycles. The monoisotopic (exact) mass is 484 g/mol. The van der Waals surface area contributed by atoms with Crippen molar-refractivity contribution in [1.29, 1.82) is 5.26 Å². The van der Waals surface area contributed by atoms with Gasteiger partial charge in [0.2, 0.25) is 11.8 Å². The molecule has 0 saturated heterocycles. The Morgan fingerprint density at radius 3 is 2.34 bits per heavy atom. The fourth-order valence-electron chi connectivity index (χ4n) is 3.29. The lowest BCUT2D eigenvalue weighted by atomic mass is 10.00. The van der Waals surface area contributed by atoms with Gasteiger partial charge in [-0.2, -0.15) is 10.2 Å². The standard InChI is InChI=1S/C23H22F2N6O4/c1-12(27-23(32)33)20(13-5-4-6-15(24)7-13)30-22-17(25)8-14(11-26)21(31-22)28-16-9-18(34-2)29-19(10-16)35-3/h4-10,12,20,27H,1-3H3,(H,32,33)(H2,28,29,30,31)/t12-,20-/m0/s1. The van der Waals surface area contributed by atoms with Crippen molar-refractivity contribution in [2.24, 2.45) is 0 Å². The number of ether oxygens (including phenoxy) is 2. The first-order valence-corrected chi connectivity index (χ1v) is 10.2. The Kier molecular flexibility index (Phi) is 7.83. The van der Waals surface area contributed by atoms with Gasteiger partial charge in [0, 0.05) is 12.1 Å². The number of amides is 1. The minimum absolute atomic E-state index is 0.00328. The predicted octanol–water partition coefficient (Wildman–Crippen LogP) is 4.20. The number of hydrogen-bond donors (Lipinski definition) is 4. The Bertz CT molecular complexity index is 1240. The van der Waals surface area contributed by atoms with Crippen LogP contribution in [0.1, 0.15) is 24.1 Å². The number of halogens is 2. The van der Waals surface area contributed by atoms with Crippen molar-refractivity contribution in [3.05, 3.63) is 65.2 Å². The van der Waals surface area contributed by atoms with Gasteiger partial charge in [0.15, 0.2) is 17.5 Å². The molecule has 12 heteroatoms. The van der Waals surface area contributed by atoms with E-state index in [1.165, 1.54) is 51.5 Å². The average molecular weight is 484 g/mol. The molecule has 1 aromatic carbocycles. The summed E-state index contributed by atoms with van der Waals surface area (Å²) in [6.45, 7) is 1.53. The van der Waals surface area contributed by atoms with E-state index < -0.39 is 29.8 Å². The number of anilines is 3. The highest BCUT2D eigenvalue weighted by Gasteiger charge is 2.24. The van der Waals surface area contributed by atoms with E-state index in [9.17, 15) is 18.8 Å². The van der Waals surface area contributed by atoms with Crippen molar-refractivity contribution in [2.45, 2.75) is 19.0 Å². The van der Waals surface area contributed by atoms with Crippen molar-refractivity contribution in [3.8, 4) is 17.8 Å². The number of nitriles is 1. The lowest BCUT2D eigenvalue weighted by Crippen LogP contribution is -2.39. The highest BCUT2D eigenvalue weighted by atomic mass is 19.1. The first-order valence-electron chi connectivity index (χ1n) is 10.2. The molecule has 1 amide bonds. The van der Waals surface area contributed by atoms with E-state index in [2.05, 4.69) is 25.9 Å². The molecule has 2 aromatic heterocycles. The maximum Gasteiger partial charge on any atom is 0.404 e. The molecule has 0 fully saturated rings.